The Morgan fingerprint density at radius 2 is 1.97 bits per heavy atom. The van der Waals surface area contributed by atoms with Crippen molar-refractivity contribution in [2.24, 2.45) is 0 Å². The molecular weight excluding hydrogens is 481 g/mol. The average molecular weight is 512 g/mol. The lowest BCUT2D eigenvalue weighted by Gasteiger charge is -2.31. The molecule has 11 heteroatoms. The first-order valence-corrected chi connectivity index (χ1v) is 12.4. The number of piperidine rings is 1. The molecule has 3 heterocycles. The number of carbonyl (C=O) groups excluding carboxylic acids is 1. The largest absolute Gasteiger partial charge is 0.472 e. The smallest absolute Gasteiger partial charge is 0.420 e. The molecule has 1 saturated heterocycles. The Hall–Kier alpha value is -3.89. The third kappa shape index (κ3) is 5.45. The van der Waals surface area contributed by atoms with Crippen molar-refractivity contribution in [1.29, 1.82) is 0 Å². The number of nitrogens with zero attached hydrogens (tertiary/aromatic N) is 5. The SMILES string of the molecule is CC(C)(C)OC(=O)N(c1cccc(F)c1)c1cc(O[C@H]2CCCN(C(=O)O)C2)nc2c(C3CC3)cnn12. The summed E-state index contributed by atoms with van der Waals surface area (Å²) in [6.07, 6.45) is 2.99. The summed E-state index contributed by atoms with van der Waals surface area (Å²) < 4.78 is 27.7. The maximum Gasteiger partial charge on any atom is 0.420 e. The van der Waals surface area contributed by atoms with Gasteiger partial charge in [0.05, 0.1) is 18.4 Å². The molecular formula is C26H30FN5O5. The number of likely N-dealkylation sites (tertiary alicyclic amines) is 1. The number of benzene rings is 1. The van der Waals surface area contributed by atoms with Gasteiger partial charge < -0.3 is 19.5 Å². The van der Waals surface area contributed by atoms with E-state index in [1.807, 2.05) is 0 Å². The topological polar surface area (TPSA) is 110 Å². The van der Waals surface area contributed by atoms with Crippen molar-refractivity contribution in [3.05, 3.63) is 47.9 Å². The maximum absolute atomic E-state index is 14.3. The molecule has 1 atom stereocenters. The van der Waals surface area contributed by atoms with Gasteiger partial charge in [-0.15, -0.1) is 0 Å². The highest BCUT2D eigenvalue weighted by Crippen LogP contribution is 2.43. The number of ether oxygens (including phenoxy) is 2. The van der Waals surface area contributed by atoms with Gasteiger partial charge in [0, 0.05) is 18.2 Å². The summed E-state index contributed by atoms with van der Waals surface area (Å²) in [5.74, 6) is 0.308. The van der Waals surface area contributed by atoms with E-state index in [0.29, 0.717) is 31.0 Å². The Bertz CT molecular complexity index is 1330. The number of hydrogen-bond donors (Lipinski definition) is 1. The van der Waals surface area contributed by atoms with Gasteiger partial charge >= 0.3 is 12.2 Å². The van der Waals surface area contributed by atoms with E-state index in [1.54, 1.807) is 43.6 Å². The van der Waals surface area contributed by atoms with Crippen molar-refractivity contribution in [2.75, 3.05) is 18.0 Å². The van der Waals surface area contributed by atoms with Gasteiger partial charge in [-0.05, 0) is 70.6 Å². The predicted octanol–water partition coefficient (Wildman–Crippen LogP) is 5.34. The van der Waals surface area contributed by atoms with E-state index in [9.17, 15) is 19.1 Å². The van der Waals surface area contributed by atoms with Crippen molar-refractivity contribution in [3.63, 3.8) is 0 Å². The van der Waals surface area contributed by atoms with E-state index >= 15 is 0 Å². The fourth-order valence-corrected chi connectivity index (χ4v) is 4.48. The summed E-state index contributed by atoms with van der Waals surface area (Å²) >= 11 is 0. The Balaban J connectivity index is 1.61. The molecule has 2 fully saturated rings. The van der Waals surface area contributed by atoms with E-state index in [1.165, 1.54) is 28.0 Å². The number of hydrogen-bond acceptors (Lipinski definition) is 6. The Kier molecular flexibility index (Phi) is 6.38. The monoisotopic (exact) mass is 511 g/mol. The number of halogens is 1. The lowest BCUT2D eigenvalue weighted by Crippen LogP contribution is -2.43. The van der Waals surface area contributed by atoms with Crippen LogP contribution in [0.2, 0.25) is 0 Å². The molecule has 196 valence electrons. The van der Waals surface area contributed by atoms with Crippen molar-refractivity contribution < 1.29 is 28.6 Å². The first kappa shape index (κ1) is 24.8. The minimum atomic E-state index is -0.994. The molecule has 0 bridgehead atoms. The van der Waals surface area contributed by atoms with Gasteiger partial charge in [-0.2, -0.15) is 14.6 Å². The molecule has 2 aliphatic rings. The van der Waals surface area contributed by atoms with E-state index in [2.05, 4.69) is 5.10 Å². The number of anilines is 2. The normalized spacial score (nSPS) is 18.1. The van der Waals surface area contributed by atoms with Crippen LogP contribution in [0.4, 0.5) is 25.5 Å². The first-order valence-electron chi connectivity index (χ1n) is 12.4. The number of carbonyl (C=O) groups is 2. The molecule has 37 heavy (non-hydrogen) atoms. The molecule has 5 rings (SSSR count). The highest BCUT2D eigenvalue weighted by atomic mass is 19.1. The van der Waals surface area contributed by atoms with Crippen LogP contribution in [0.15, 0.2) is 36.5 Å². The fraction of sp³-hybridized carbons (Fsp3) is 0.462. The quantitative estimate of drug-likeness (QED) is 0.492. The van der Waals surface area contributed by atoms with Crippen LogP contribution in [0.25, 0.3) is 5.65 Å². The summed E-state index contributed by atoms with van der Waals surface area (Å²) in [4.78, 5) is 32.3. The van der Waals surface area contributed by atoms with Crippen LogP contribution < -0.4 is 9.64 Å². The number of fused-ring (bicyclic) bond motifs is 1. The lowest BCUT2D eigenvalue weighted by atomic mass is 10.1. The Labute approximate surface area is 213 Å². The average Bonchev–Trinajstić information content (AvgIpc) is 3.57. The summed E-state index contributed by atoms with van der Waals surface area (Å²) in [6.45, 7) is 5.92. The standard InChI is InChI=1S/C26H30FN5O5/c1-26(2,3)37-25(35)31(18-7-4-6-17(27)12-18)22-13-21(36-19-8-5-11-30(15-19)24(33)34)29-23-20(16-9-10-16)14-28-32(22)23/h4,6-7,12-14,16,19H,5,8-11,15H2,1-3H3,(H,33,34)/t19-/m0/s1. The van der Waals surface area contributed by atoms with Crippen LogP contribution >= 0.6 is 0 Å². The third-order valence-electron chi connectivity index (χ3n) is 6.28. The fourth-order valence-electron chi connectivity index (χ4n) is 4.48. The first-order chi connectivity index (χ1) is 17.6. The van der Waals surface area contributed by atoms with Crippen molar-refractivity contribution in [1.82, 2.24) is 19.5 Å². The molecule has 0 radical (unpaired) electrons. The third-order valence-corrected chi connectivity index (χ3v) is 6.28. The predicted molar refractivity (Wildman–Crippen MR) is 133 cm³/mol. The molecule has 1 aliphatic carbocycles. The summed E-state index contributed by atoms with van der Waals surface area (Å²) in [5, 5.41) is 13.9. The van der Waals surface area contributed by atoms with Crippen LogP contribution in [-0.4, -0.2) is 61.6 Å². The second-order valence-corrected chi connectivity index (χ2v) is 10.5. The maximum atomic E-state index is 14.3. The highest BCUT2D eigenvalue weighted by molar-refractivity contribution is 5.95. The molecule has 1 aromatic carbocycles. The molecule has 1 saturated carbocycles. The van der Waals surface area contributed by atoms with Gasteiger partial charge in [-0.3, -0.25) is 0 Å². The number of carboxylic acid groups (broad SMARTS) is 1. The minimum Gasteiger partial charge on any atom is -0.472 e. The number of aromatic nitrogens is 3. The summed E-state index contributed by atoms with van der Waals surface area (Å²) in [5.41, 5.74) is 0.919. The van der Waals surface area contributed by atoms with Crippen molar-refractivity contribution in [2.45, 2.75) is 64.1 Å². The zero-order valence-corrected chi connectivity index (χ0v) is 21.1. The Morgan fingerprint density at radius 1 is 1.19 bits per heavy atom. The molecule has 0 unspecified atom stereocenters. The molecule has 2 amide bonds. The second-order valence-electron chi connectivity index (χ2n) is 10.5. The van der Waals surface area contributed by atoms with E-state index < -0.39 is 29.7 Å². The van der Waals surface area contributed by atoms with Gasteiger partial charge in [0.15, 0.2) is 11.5 Å². The molecule has 1 N–H and O–H groups in total. The van der Waals surface area contributed by atoms with E-state index in [0.717, 1.165) is 18.4 Å². The van der Waals surface area contributed by atoms with Crippen LogP contribution in [-0.2, 0) is 4.74 Å². The van der Waals surface area contributed by atoms with Gasteiger partial charge in [0.1, 0.15) is 17.5 Å². The van der Waals surface area contributed by atoms with Crippen LogP contribution in [0.1, 0.15) is 57.9 Å². The van der Waals surface area contributed by atoms with Crippen molar-refractivity contribution in [3.8, 4) is 5.88 Å². The zero-order chi connectivity index (χ0) is 26.3. The molecule has 1 aliphatic heterocycles. The van der Waals surface area contributed by atoms with E-state index in [4.69, 9.17) is 14.5 Å². The summed E-state index contributed by atoms with van der Waals surface area (Å²) in [7, 11) is 0. The van der Waals surface area contributed by atoms with E-state index in [-0.39, 0.29) is 23.9 Å². The molecule has 2 aromatic heterocycles. The number of amides is 2. The van der Waals surface area contributed by atoms with Gasteiger partial charge in [-0.1, -0.05) is 6.07 Å². The van der Waals surface area contributed by atoms with Crippen molar-refractivity contribution >= 4 is 29.3 Å². The van der Waals surface area contributed by atoms with Crippen LogP contribution in [0.5, 0.6) is 5.88 Å². The van der Waals surface area contributed by atoms with Crippen LogP contribution in [0.3, 0.4) is 0 Å². The zero-order valence-electron chi connectivity index (χ0n) is 21.1. The number of rotatable bonds is 5. The molecule has 3 aromatic rings. The minimum absolute atomic E-state index is 0.214. The summed E-state index contributed by atoms with van der Waals surface area (Å²) in [6, 6.07) is 7.22. The van der Waals surface area contributed by atoms with Crippen LogP contribution in [0, 0.1) is 5.82 Å². The highest BCUT2D eigenvalue weighted by Gasteiger charge is 2.33. The van der Waals surface area contributed by atoms with Gasteiger partial charge in [-0.25, -0.2) is 18.9 Å². The van der Waals surface area contributed by atoms with Gasteiger partial charge in [0.2, 0.25) is 5.88 Å². The lowest BCUT2D eigenvalue weighted by molar-refractivity contribution is 0.0596. The second kappa shape index (κ2) is 9.53. The Morgan fingerprint density at radius 3 is 2.65 bits per heavy atom. The molecule has 10 nitrogen and oxygen atoms in total. The molecule has 0 spiro atoms. The van der Waals surface area contributed by atoms with Gasteiger partial charge in [0.25, 0.3) is 0 Å².